The van der Waals surface area contributed by atoms with E-state index in [9.17, 15) is 23.1 Å². The number of hydrogen-bond acceptors (Lipinski definition) is 2. The summed E-state index contributed by atoms with van der Waals surface area (Å²) < 4.78 is 37.6. The van der Waals surface area contributed by atoms with Crippen molar-refractivity contribution in [3.8, 4) is 0 Å². The second-order valence-electron chi connectivity index (χ2n) is 5.74. The van der Waals surface area contributed by atoms with E-state index in [1.54, 1.807) is 0 Å². The summed E-state index contributed by atoms with van der Waals surface area (Å²) in [5.74, 6) is -0.302. The second-order valence-corrected chi connectivity index (χ2v) is 5.74. The molecule has 6 heteroatoms. The van der Waals surface area contributed by atoms with Gasteiger partial charge in [-0.05, 0) is 48.6 Å². The predicted octanol–water partition coefficient (Wildman–Crippen LogP) is 3.99. The highest BCUT2D eigenvalue weighted by atomic mass is 19.4. The van der Waals surface area contributed by atoms with Gasteiger partial charge in [0.1, 0.15) is 0 Å². The minimum atomic E-state index is -4.41. The number of carbonyl (C=O) groups excluding carboxylic acids is 1. The molecule has 2 aromatic carbocycles. The molecule has 0 unspecified atom stereocenters. The van der Waals surface area contributed by atoms with E-state index in [0.717, 1.165) is 17.7 Å². The van der Waals surface area contributed by atoms with Crippen molar-refractivity contribution in [2.45, 2.75) is 24.9 Å². The van der Waals surface area contributed by atoms with Crippen LogP contribution in [-0.2, 0) is 6.18 Å². The molecule has 0 saturated heterocycles. The predicted molar refractivity (Wildman–Crippen MR) is 89.3 cm³/mol. The van der Waals surface area contributed by atoms with E-state index in [0.29, 0.717) is 19.4 Å². The lowest BCUT2D eigenvalue weighted by atomic mass is 9.93. The molecule has 3 nitrogen and oxygen atoms in total. The number of aliphatic hydroxyl groups is 1. The Morgan fingerprint density at radius 3 is 2.20 bits per heavy atom. The fourth-order valence-electron chi connectivity index (χ4n) is 2.63. The van der Waals surface area contributed by atoms with Gasteiger partial charge in [0.25, 0.3) is 5.91 Å². The van der Waals surface area contributed by atoms with Crippen LogP contribution in [0.2, 0.25) is 0 Å². The largest absolute Gasteiger partial charge is 0.416 e. The molecule has 25 heavy (non-hydrogen) atoms. The molecule has 0 heterocycles. The summed E-state index contributed by atoms with van der Waals surface area (Å²) in [6.45, 7) is 0.422. The molecule has 0 spiro atoms. The van der Waals surface area contributed by atoms with Gasteiger partial charge in [-0.3, -0.25) is 4.79 Å². The van der Waals surface area contributed by atoms with Crippen molar-refractivity contribution >= 4 is 5.91 Å². The van der Waals surface area contributed by atoms with Crippen LogP contribution in [-0.4, -0.2) is 24.2 Å². The van der Waals surface area contributed by atoms with E-state index in [-0.39, 0.29) is 18.1 Å². The highest BCUT2D eigenvalue weighted by Crippen LogP contribution is 2.29. The monoisotopic (exact) mass is 351 g/mol. The highest BCUT2D eigenvalue weighted by Gasteiger charge is 2.30. The average molecular weight is 351 g/mol. The zero-order chi connectivity index (χ0) is 18.3. The number of amides is 1. The van der Waals surface area contributed by atoms with Gasteiger partial charge in [0.05, 0.1) is 5.56 Å². The van der Waals surface area contributed by atoms with Gasteiger partial charge in [-0.25, -0.2) is 0 Å². The first-order valence-electron chi connectivity index (χ1n) is 8.03. The van der Waals surface area contributed by atoms with Crippen LogP contribution in [0.3, 0.4) is 0 Å². The van der Waals surface area contributed by atoms with Crippen molar-refractivity contribution in [1.29, 1.82) is 0 Å². The van der Waals surface area contributed by atoms with Crippen molar-refractivity contribution in [3.63, 3.8) is 0 Å². The lowest BCUT2D eigenvalue weighted by Crippen LogP contribution is -2.26. The zero-order valence-electron chi connectivity index (χ0n) is 13.6. The van der Waals surface area contributed by atoms with Gasteiger partial charge in [-0.1, -0.05) is 30.3 Å². The number of aliphatic hydroxyl groups excluding tert-OH is 1. The van der Waals surface area contributed by atoms with Gasteiger partial charge >= 0.3 is 6.18 Å². The van der Waals surface area contributed by atoms with E-state index < -0.39 is 17.6 Å². The van der Waals surface area contributed by atoms with Crippen LogP contribution in [0.4, 0.5) is 13.2 Å². The molecule has 0 fully saturated rings. The van der Waals surface area contributed by atoms with Crippen molar-refractivity contribution in [1.82, 2.24) is 5.32 Å². The molecule has 134 valence electrons. The first-order chi connectivity index (χ1) is 11.9. The summed E-state index contributed by atoms with van der Waals surface area (Å²) in [6, 6.07) is 13.8. The van der Waals surface area contributed by atoms with Gasteiger partial charge in [0, 0.05) is 18.7 Å². The molecule has 2 rings (SSSR count). The van der Waals surface area contributed by atoms with Crippen LogP contribution < -0.4 is 5.32 Å². The molecular formula is C19H20F3NO2. The summed E-state index contributed by atoms with van der Waals surface area (Å²) in [6.07, 6.45) is -3.20. The highest BCUT2D eigenvalue weighted by molar-refractivity contribution is 5.94. The third kappa shape index (κ3) is 5.60. The van der Waals surface area contributed by atoms with Crippen LogP contribution in [0.5, 0.6) is 0 Å². The molecule has 1 amide bonds. The number of nitrogens with one attached hydrogen (secondary N) is 1. The summed E-state index contributed by atoms with van der Waals surface area (Å²) in [7, 11) is 0. The summed E-state index contributed by atoms with van der Waals surface area (Å²) in [5.41, 5.74) is 0.489. The van der Waals surface area contributed by atoms with Crippen molar-refractivity contribution in [2.75, 3.05) is 13.2 Å². The van der Waals surface area contributed by atoms with E-state index in [4.69, 9.17) is 0 Å². The Morgan fingerprint density at radius 1 is 1.00 bits per heavy atom. The maximum Gasteiger partial charge on any atom is 0.416 e. The molecular weight excluding hydrogens is 331 g/mol. The zero-order valence-corrected chi connectivity index (χ0v) is 13.6. The molecule has 0 saturated carbocycles. The van der Waals surface area contributed by atoms with E-state index in [1.165, 1.54) is 12.1 Å². The quantitative estimate of drug-likeness (QED) is 0.792. The summed E-state index contributed by atoms with van der Waals surface area (Å²) in [4.78, 5) is 12.0. The van der Waals surface area contributed by atoms with Crippen LogP contribution in [0, 0.1) is 0 Å². The van der Waals surface area contributed by atoms with Gasteiger partial charge in [-0.15, -0.1) is 0 Å². The Morgan fingerprint density at radius 2 is 1.64 bits per heavy atom. The van der Waals surface area contributed by atoms with Crippen LogP contribution in [0.1, 0.15) is 40.2 Å². The standard InChI is InChI=1S/C19H20F3NO2/c20-19(21,22)17-8-6-16(7-9-17)18(25)23-12-10-15(11-13-24)14-4-2-1-3-5-14/h1-9,15,24H,10-13H2,(H,23,25)/t15-/m0/s1. The number of halogens is 3. The van der Waals surface area contributed by atoms with Gasteiger partial charge in [-0.2, -0.15) is 13.2 Å². The van der Waals surface area contributed by atoms with E-state index >= 15 is 0 Å². The minimum Gasteiger partial charge on any atom is -0.396 e. The first-order valence-corrected chi connectivity index (χ1v) is 8.03. The van der Waals surface area contributed by atoms with Gasteiger partial charge in [0.15, 0.2) is 0 Å². The van der Waals surface area contributed by atoms with Crippen molar-refractivity contribution < 1.29 is 23.1 Å². The Labute approximate surface area is 144 Å². The lowest BCUT2D eigenvalue weighted by molar-refractivity contribution is -0.137. The molecule has 0 aromatic heterocycles. The Balaban J connectivity index is 1.90. The minimum absolute atomic E-state index is 0.0480. The summed E-state index contributed by atoms with van der Waals surface area (Å²) >= 11 is 0. The summed E-state index contributed by atoms with van der Waals surface area (Å²) in [5, 5.41) is 11.9. The van der Waals surface area contributed by atoms with E-state index in [2.05, 4.69) is 5.32 Å². The number of rotatable bonds is 7. The van der Waals surface area contributed by atoms with Crippen molar-refractivity contribution in [3.05, 3.63) is 71.3 Å². The van der Waals surface area contributed by atoms with Crippen LogP contribution in [0.25, 0.3) is 0 Å². The fourth-order valence-corrected chi connectivity index (χ4v) is 2.63. The Kier molecular flexibility index (Phi) is 6.58. The fraction of sp³-hybridized carbons (Fsp3) is 0.316. The Hall–Kier alpha value is -2.34. The Bertz CT molecular complexity index is 669. The maximum atomic E-state index is 12.5. The third-order valence-electron chi connectivity index (χ3n) is 4.00. The molecule has 2 aromatic rings. The molecule has 0 aliphatic heterocycles. The van der Waals surface area contributed by atoms with Crippen LogP contribution >= 0.6 is 0 Å². The second kappa shape index (κ2) is 8.67. The number of hydrogen-bond donors (Lipinski definition) is 2. The topological polar surface area (TPSA) is 49.3 Å². The van der Waals surface area contributed by atoms with Crippen molar-refractivity contribution in [2.24, 2.45) is 0 Å². The number of carbonyl (C=O) groups is 1. The molecule has 1 atom stereocenters. The lowest BCUT2D eigenvalue weighted by Gasteiger charge is -2.16. The van der Waals surface area contributed by atoms with Crippen LogP contribution in [0.15, 0.2) is 54.6 Å². The number of benzene rings is 2. The smallest absolute Gasteiger partial charge is 0.396 e. The van der Waals surface area contributed by atoms with E-state index in [1.807, 2.05) is 30.3 Å². The average Bonchev–Trinajstić information content (AvgIpc) is 2.61. The first kappa shape index (κ1) is 19.0. The molecule has 0 aliphatic carbocycles. The molecule has 0 bridgehead atoms. The molecule has 2 N–H and O–H groups in total. The number of alkyl halides is 3. The molecule has 0 radical (unpaired) electrons. The van der Waals surface area contributed by atoms with Gasteiger partial charge < -0.3 is 10.4 Å². The van der Waals surface area contributed by atoms with Gasteiger partial charge in [0.2, 0.25) is 0 Å². The maximum absolute atomic E-state index is 12.5. The normalized spacial score (nSPS) is 12.6. The third-order valence-corrected chi connectivity index (χ3v) is 4.00. The SMILES string of the molecule is O=C(NCC[C@@H](CCO)c1ccccc1)c1ccc(C(F)(F)F)cc1. The molecule has 0 aliphatic rings.